The number of carbonyl (C=O) groups excluding carboxylic acids is 1. The maximum absolute atomic E-state index is 12.3. The lowest BCUT2D eigenvalue weighted by Crippen LogP contribution is -2.37. The van der Waals surface area contributed by atoms with Gasteiger partial charge in [0.05, 0.1) is 11.8 Å². The summed E-state index contributed by atoms with van der Waals surface area (Å²) in [5.41, 5.74) is 1.03. The van der Waals surface area contributed by atoms with Crippen LogP contribution in [0.25, 0.3) is 0 Å². The molecule has 6 heteroatoms. The first-order valence-corrected chi connectivity index (χ1v) is 6.23. The van der Waals surface area contributed by atoms with Crippen molar-refractivity contribution in [1.82, 2.24) is 14.7 Å². The fraction of sp³-hybridized carbons (Fsp3) is 0.615. The summed E-state index contributed by atoms with van der Waals surface area (Å²) in [6, 6.07) is 0. The van der Waals surface area contributed by atoms with Crippen molar-refractivity contribution in [1.29, 1.82) is 0 Å². The van der Waals surface area contributed by atoms with Gasteiger partial charge in [0.1, 0.15) is 5.56 Å². The molecule has 19 heavy (non-hydrogen) atoms. The Kier molecular flexibility index (Phi) is 4.83. The van der Waals surface area contributed by atoms with Crippen LogP contribution in [-0.2, 0) is 7.05 Å². The molecule has 0 bridgehead atoms. The highest BCUT2D eigenvalue weighted by molar-refractivity contribution is 5.95. The summed E-state index contributed by atoms with van der Waals surface area (Å²) < 4.78 is 1.18. The van der Waals surface area contributed by atoms with Gasteiger partial charge in [0, 0.05) is 20.6 Å². The molecule has 1 rings (SSSR count). The second kappa shape index (κ2) is 5.97. The van der Waals surface area contributed by atoms with E-state index in [2.05, 4.69) is 5.10 Å². The number of amides is 1. The fourth-order valence-corrected chi connectivity index (χ4v) is 1.77. The van der Waals surface area contributed by atoms with Crippen LogP contribution in [0.2, 0.25) is 0 Å². The molecular weight excluding hydrogens is 246 g/mol. The minimum Gasteiger partial charge on any atom is -0.393 e. The summed E-state index contributed by atoms with van der Waals surface area (Å²) in [5.74, 6) is -0.329. The molecule has 1 atom stereocenters. The third kappa shape index (κ3) is 3.41. The number of nitrogens with zero attached hydrogens (tertiary/aromatic N) is 3. The molecule has 1 unspecified atom stereocenters. The van der Waals surface area contributed by atoms with Crippen LogP contribution >= 0.6 is 0 Å². The minimum atomic E-state index is -0.474. The maximum atomic E-state index is 12.3. The monoisotopic (exact) mass is 267 g/mol. The Morgan fingerprint density at radius 1 is 1.47 bits per heavy atom. The van der Waals surface area contributed by atoms with Gasteiger partial charge >= 0.3 is 0 Å². The van der Waals surface area contributed by atoms with E-state index >= 15 is 0 Å². The average Bonchev–Trinajstić information content (AvgIpc) is 2.33. The summed E-state index contributed by atoms with van der Waals surface area (Å²) in [5, 5.41) is 13.3. The Labute approximate surface area is 112 Å². The van der Waals surface area contributed by atoms with Gasteiger partial charge in [-0.3, -0.25) is 9.59 Å². The number of aryl methyl sites for hydroxylation is 2. The van der Waals surface area contributed by atoms with Crippen molar-refractivity contribution in [2.24, 2.45) is 7.05 Å². The number of rotatable bonds is 4. The Balaban J connectivity index is 3.09. The molecule has 1 aromatic heterocycles. The Hall–Kier alpha value is -1.69. The lowest BCUT2D eigenvalue weighted by Gasteiger charge is -2.19. The van der Waals surface area contributed by atoms with E-state index in [9.17, 15) is 14.7 Å². The molecule has 0 saturated carbocycles. The highest BCUT2D eigenvalue weighted by atomic mass is 16.3. The Morgan fingerprint density at radius 3 is 2.58 bits per heavy atom. The van der Waals surface area contributed by atoms with Crippen LogP contribution in [0.3, 0.4) is 0 Å². The summed E-state index contributed by atoms with van der Waals surface area (Å²) in [6.07, 6.45) is 0.00410. The van der Waals surface area contributed by atoms with Crippen LogP contribution in [0.4, 0.5) is 0 Å². The number of hydrogen-bond acceptors (Lipinski definition) is 4. The summed E-state index contributed by atoms with van der Waals surface area (Å²) in [7, 11) is 3.15. The van der Waals surface area contributed by atoms with Crippen LogP contribution < -0.4 is 5.56 Å². The summed E-state index contributed by atoms with van der Waals surface area (Å²) in [4.78, 5) is 25.8. The van der Waals surface area contributed by atoms with E-state index in [0.29, 0.717) is 24.2 Å². The van der Waals surface area contributed by atoms with Crippen molar-refractivity contribution in [2.45, 2.75) is 33.3 Å². The van der Waals surface area contributed by atoms with Gasteiger partial charge in [0.2, 0.25) is 0 Å². The predicted octanol–water partition coefficient (Wildman–Crippen LogP) is 0.240. The van der Waals surface area contributed by atoms with Gasteiger partial charge in [0.25, 0.3) is 11.5 Å². The van der Waals surface area contributed by atoms with E-state index in [1.165, 1.54) is 16.6 Å². The van der Waals surface area contributed by atoms with Crippen molar-refractivity contribution in [3.05, 3.63) is 27.2 Å². The van der Waals surface area contributed by atoms with Crippen molar-refractivity contribution < 1.29 is 9.90 Å². The Morgan fingerprint density at radius 2 is 2.05 bits per heavy atom. The van der Waals surface area contributed by atoms with E-state index in [1.54, 1.807) is 27.8 Å². The molecule has 0 spiro atoms. The highest BCUT2D eigenvalue weighted by Crippen LogP contribution is 2.09. The molecule has 0 fully saturated rings. The van der Waals surface area contributed by atoms with E-state index in [0.717, 1.165) is 0 Å². The van der Waals surface area contributed by atoms with Crippen molar-refractivity contribution >= 4 is 5.91 Å². The van der Waals surface area contributed by atoms with Gasteiger partial charge in [-0.25, -0.2) is 4.68 Å². The van der Waals surface area contributed by atoms with Crippen LogP contribution in [0.1, 0.15) is 35.0 Å². The molecule has 6 nitrogen and oxygen atoms in total. The maximum Gasteiger partial charge on any atom is 0.279 e. The normalized spacial score (nSPS) is 12.3. The van der Waals surface area contributed by atoms with Gasteiger partial charge in [0.15, 0.2) is 0 Å². The standard InChI is InChI=1S/C13H21N3O3/c1-8(17)6-7-15(4)12(18)11-9(2)10(3)14-16(5)13(11)19/h8,17H,6-7H2,1-5H3. The topological polar surface area (TPSA) is 75.4 Å². The van der Waals surface area contributed by atoms with E-state index in [4.69, 9.17) is 0 Å². The minimum absolute atomic E-state index is 0.156. The first-order valence-electron chi connectivity index (χ1n) is 6.23. The third-order valence-corrected chi connectivity index (χ3v) is 3.17. The fourth-order valence-electron chi connectivity index (χ4n) is 1.77. The zero-order valence-corrected chi connectivity index (χ0v) is 12.1. The van der Waals surface area contributed by atoms with E-state index < -0.39 is 11.7 Å². The first kappa shape index (κ1) is 15.4. The number of carbonyl (C=O) groups is 1. The number of aliphatic hydroxyl groups is 1. The van der Waals surface area contributed by atoms with E-state index in [-0.39, 0.29) is 11.5 Å². The zero-order valence-electron chi connectivity index (χ0n) is 12.1. The molecular formula is C13H21N3O3. The second-order valence-electron chi connectivity index (χ2n) is 4.88. The van der Waals surface area contributed by atoms with Crippen molar-refractivity contribution in [3.63, 3.8) is 0 Å². The van der Waals surface area contributed by atoms with Crippen LogP contribution in [0.15, 0.2) is 4.79 Å². The lowest BCUT2D eigenvalue weighted by atomic mass is 10.1. The van der Waals surface area contributed by atoms with Crippen LogP contribution in [-0.4, -0.2) is 45.4 Å². The number of hydrogen-bond donors (Lipinski definition) is 1. The lowest BCUT2D eigenvalue weighted by molar-refractivity contribution is 0.0765. The third-order valence-electron chi connectivity index (χ3n) is 3.17. The van der Waals surface area contributed by atoms with Crippen molar-refractivity contribution in [2.75, 3.05) is 13.6 Å². The molecule has 106 valence electrons. The molecule has 0 radical (unpaired) electrons. The van der Waals surface area contributed by atoms with Crippen LogP contribution in [0, 0.1) is 13.8 Å². The Bertz CT molecular complexity index is 535. The number of aliphatic hydroxyl groups excluding tert-OH is 1. The molecule has 0 saturated heterocycles. The predicted molar refractivity (Wildman–Crippen MR) is 72.2 cm³/mol. The van der Waals surface area contributed by atoms with Gasteiger partial charge in [-0.05, 0) is 32.8 Å². The second-order valence-corrected chi connectivity index (χ2v) is 4.88. The molecule has 0 aliphatic heterocycles. The molecule has 1 heterocycles. The molecule has 0 aromatic carbocycles. The quantitative estimate of drug-likeness (QED) is 0.848. The average molecular weight is 267 g/mol. The van der Waals surface area contributed by atoms with E-state index in [1.807, 2.05) is 0 Å². The molecule has 0 aliphatic carbocycles. The molecule has 1 amide bonds. The first-order chi connectivity index (χ1) is 8.75. The van der Waals surface area contributed by atoms with Gasteiger partial charge in [-0.15, -0.1) is 0 Å². The SMILES string of the molecule is Cc1nn(C)c(=O)c(C(=O)N(C)CCC(C)O)c1C. The molecule has 1 aromatic rings. The van der Waals surface area contributed by atoms with Crippen molar-refractivity contribution in [3.8, 4) is 0 Å². The highest BCUT2D eigenvalue weighted by Gasteiger charge is 2.21. The molecule has 1 N–H and O–H groups in total. The largest absolute Gasteiger partial charge is 0.393 e. The summed E-state index contributed by atoms with van der Waals surface area (Å²) in [6.45, 7) is 5.56. The number of aromatic nitrogens is 2. The van der Waals surface area contributed by atoms with Gasteiger partial charge < -0.3 is 10.0 Å². The molecule has 0 aliphatic rings. The van der Waals surface area contributed by atoms with Gasteiger partial charge in [-0.1, -0.05) is 0 Å². The zero-order chi connectivity index (χ0) is 14.7. The van der Waals surface area contributed by atoms with Crippen LogP contribution in [0.5, 0.6) is 0 Å². The smallest absolute Gasteiger partial charge is 0.279 e. The van der Waals surface area contributed by atoms with Gasteiger partial charge in [-0.2, -0.15) is 5.10 Å². The summed E-state index contributed by atoms with van der Waals surface area (Å²) >= 11 is 0.